The molecule has 2 rings (SSSR count). The van der Waals surface area contributed by atoms with Gasteiger partial charge in [-0.1, -0.05) is 36.7 Å². The van der Waals surface area contributed by atoms with Crippen molar-refractivity contribution in [3.8, 4) is 0 Å². The van der Waals surface area contributed by atoms with Crippen molar-refractivity contribution in [3.63, 3.8) is 0 Å². The molecule has 1 aliphatic heterocycles. The van der Waals surface area contributed by atoms with Crippen LogP contribution >= 0.6 is 11.6 Å². The normalized spacial score (nSPS) is 18.5. The van der Waals surface area contributed by atoms with Crippen molar-refractivity contribution >= 4 is 23.5 Å². The number of rotatable bonds is 5. The molecule has 120 valence electrons. The molecule has 1 atom stereocenters. The second-order valence-electron chi connectivity index (χ2n) is 5.62. The van der Waals surface area contributed by atoms with Gasteiger partial charge in [0.2, 0.25) is 5.91 Å². The molecule has 0 aliphatic carbocycles. The fourth-order valence-corrected chi connectivity index (χ4v) is 3.01. The molecular weight excluding hydrogens is 306 g/mol. The summed E-state index contributed by atoms with van der Waals surface area (Å²) in [7, 11) is 0. The van der Waals surface area contributed by atoms with Gasteiger partial charge in [-0.05, 0) is 24.5 Å². The Balaban J connectivity index is 2.24. The molecule has 1 saturated heterocycles. The molecule has 1 amide bonds. The molecule has 1 aliphatic rings. The molecule has 0 aromatic heterocycles. The van der Waals surface area contributed by atoms with E-state index >= 15 is 0 Å². The van der Waals surface area contributed by atoms with Gasteiger partial charge in [0, 0.05) is 24.8 Å². The summed E-state index contributed by atoms with van der Waals surface area (Å²) in [6, 6.07) is 7.30. The molecule has 22 heavy (non-hydrogen) atoms. The first kappa shape index (κ1) is 16.8. The summed E-state index contributed by atoms with van der Waals surface area (Å²) in [5, 5.41) is 12.3. The van der Waals surface area contributed by atoms with Gasteiger partial charge >= 0.3 is 5.97 Å². The van der Waals surface area contributed by atoms with Crippen LogP contribution in [0.25, 0.3) is 0 Å². The van der Waals surface area contributed by atoms with Crippen LogP contribution < -0.4 is 5.32 Å². The van der Waals surface area contributed by atoms with Crippen LogP contribution in [0.3, 0.4) is 0 Å². The standard InChI is InChI=1S/C16H20ClNO4/c1-11(14(19)20)10-18-15(21)16(6-8-22-9-7-16)12-4-2-3-5-13(12)17/h2-5,11H,6-10H2,1H3,(H,18,21)(H,19,20). The van der Waals surface area contributed by atoms with Crippen LogP contribution in [0.15, 0.2) is 24.3 Å². The number of carbonyl (C=O) groups excluding carboxylic acids is 1. The van der Waals surface area contributed by atoms with Crippen LogP contribution in [-0.4, -0.2) is 36.7 Å². The first-order valence-electron chi connectivity index (χ1n) is 7.31. The molecule has 1 aromatic rings. The Morgan fingerprint density at radius 3 is 2.59 bits per heavy atom. The highest BCUT2D eigenvalue weighted by Gasteiger charge is 2.43. The zero-order chi connectivity index (χ0) is 16.2. The van der Waals surface area contributed by atoms with Gasteiger partial charge in [-0.15, -0.1) is 0 Å². The monoisotopic (exact) mass is 325 g/mol. The van der Waals surface area contributed by atoms with Gasteiger partial charge in [0.1, 0.15) is 0 Å². The maximum absolute atomic E-state index is 12.8. The van der Waals surface area contributed by atoms with E-state index in [-0.39, 0.29) is 12.5 Å². The quantitative estimate of drug-likeness (QED) is 0.870. The fourth-order valence-electron chi connectivity index (χ4n) is 2.69. The molecule has 1 heterocycles. The smallest absolute Gasteiger partial charge is 0.308 e. The fraction of sp³-hybridized carbons (Fsp3) is 0.500. The highest BCUT2D eigenvalue weighted by Crippen LogP contribution is 2.38. The summed E-state index contributed by atoms with van der Waals surface area (Å²) in [5.74, 6) is -1.75. The summed E-state index contributed by atoms with van der Waals surface area (Å²) in [4.78, 5) is 23.7. The van der Waals surface area contributed by atoms with E-state index in [1.807, 2.05) is 18.2 Å². The molecule has 1 fully saturated rings. The molecule has 1 aromatic carbocycles. The number of halogens is 1. The van der Waals surface area contributed by atoms with Crippen LogP contribution in [0.5, 0.6) is 0 Å². The lowest BCUT2D eigenvalue weighted by molar-refractivity contribution is -0.141. The van der Waals surface area contributed by atoms with Gasteiger partial charge < -0.3 is 15.2 Å². The largest absolute Gasteiger partial charge is 0.481 e. The van der Waals surface area contributed by atoms with Crippen molar-refractivity contribution in [3.05, 3.63) is 34.9 Å². The maximum Gasteiger partial charge on any atom is 0.308 e. The number of benzene rings is 1. The third-order valence-electron chi connectivity index (χ3n) is 4.16. The van der Waals surface area contributed by atoms with Crippen LogP contribution in [0.2, 0.25) is 5.02 Å². The minimum Gasteiger partial charge on any atom is -0.481 e. The molecule has 2 N–H and O–H groups in total. The Morgan fingerprint density at radius 2 is 2.00 bits per heavy atom. The summed E-state index contributed by atoms with van der Waals surface area (Å²) < 4.78 is 5.38. The number of carboxylic acid groups (broad SMARTS) is 1. The molecule has 0 radical (unpaired) electrons. The minimum absolute atomic E-state index is 0.0984. The van der Waals surface area contributed by atoms with E-state index in [4.69, 9.17) is 21.4 Å². The lowest BCUT2D eigenvalue weighted by Crippen LogP contribution is -2.49. The van der Waals surface area contributed by atoms with Crippen molar-refractivity contribution in [2.45, 2.75) is 25.2 Å². The number of aliphatic carboxylic acids is 1. The highest BCUT2D eigenvalue weighted by atomic mass is 35.5. The van der Waals surface area contributed by atoms with E-state index in [9.17, 15) is 9.59 Å². The molecule has 0 bridgehead atoms. The molecule has 0 saturated carbocycles. The number of nitrogens with one attached hydrogen (secondary N) is 1. The Kier molecular flexibility index (Phi) is 5.42. The number of hydrogen-bond donors (Lipinski definition) is 2. The van der Waals surface area contributed by atoms with Gasteiger partial charge in [0.05, 0.1) is 11.3 Å². The third-order valence-corrected chi connectivity index (χ3v) is 4.49. The number of carboxylic acids is 1. The van der Waals surface area contributed by atoms with Crippen molar-refractivity contribution in [1.82, 2.24) is 5.32 Å². The molecular formula is C16H20ClNO4. The molecule has 0 spiro atoms. The Bertz CT molecular complexity index is 555. The number of ether oxygens (including phenoxy) is 1. The van der Waals surface area contributed by atoms with E-state index in [0.29, 0.717) is 31.1 Å². The SMILES string of the molecule is CC(CNC(=O)C1(c2ccccc2Cl)CCOCC1)C(=O)O. The Hall–Kier alpha value is -1.59. The van der Waals surface area contributed by atoms with Gasteiger partial charge in [0.15, 0.2) is 0 Å². The average Bonchev–Trinajstić information content (AvgIpc) is 2.53. The third kappa shape index (κ3) is 3.42. The van der Waals surface area contributed by atoms with Crippen molar-refractivity contribution in [2.75, 3.05) is 19.8 Å². The highest BCUT2D eigenvalue weighted by molar-refractivity contribution is 6.31. The lowest BCUT2D eigenvalue weighted by Gasteiger charge is -2.37. The maximum atomic E-state index is 12.8. The second-order valence-corrected chi connectivity index (χ2v) is 6.03. The first-order chi connectivity index (χ1) is 10.5. The van der Waals surface area contributed by atoms with Gasteiger partial charge in [0.25, 0.3) is 0 Å². The van der Waals surface area contributed by atoms with Crippen molar-refractivity contribution in [1.29, 1.82) is 0 Å². The number of amides is 1. The van der Waals surface area contributed by atoms with E-state index in [2.05, 4.69) is 5.32 Å². The minimum atomic E-state index is -0.931. The zero-order valence-corrected chi connectivity index (χ0v) is 13.2. The summed E-state index contributed by atoms with van der Waals surface area (Å²) in [6.07, 6.45) is 1.06. The summed E-state index contributed by atoms with van der Waals surface area (Å²) in [6.45, 7) is 2.62. The molecule has 1 unspecified atom stereocenters. The van der Waals surface area contributed by atoms with Crippen LogP contribution in [0.4, 0.5) is 0 Å². The van der Waals surface area contributed by atoms with E-state index in [1.54, 1.807) is 13.0 Å². The molecule has 6 heteroatoms. The van der Waals surface area contributed by atoms with Crippen molar-refractivity contribution < 1.29 is 19.4 Å². The predicted molar refractivity (Wildman–Crippen MR) is 83.0 cm³/mol. The van der Waals surface area contributed by atoms with Gasteiger partial charge in [-0.3, -0.25) is 9.59 Å². The van der Waals surface area contributed by atoms with Crippen LogP contribution in [0, 0.1) is 5.92 Å². The van der Waals surface area contributed by atoms with Crippen LogP contribution in [-0.2, 0) is 19.7 Å². The summed E-state index contributed by atoms with van der Waals surface area (Å²) >= 11 is 6.29. The van der Waals surface area contributed by atoms with E-state index < -0.39 is 17.3 Å². The van der Waals surface area contributed by atoms with Crippen molar-refractivity contribution in [2.24, 2.45) is 5.92 Å². The van der Waals surface area contributed by atoms with E-state index in [1.165, 1.54) is 0 Å². The average molecular weight is 326 g/mol. The van der Waals surface area contributed by atoms with Crippen LogP contribution in [0.1, 0.15) is 25.3 Å². The second kappa shape index (κ2) is 7.11. The number of carbonyl (C=O) groups is 2. The van der Waals surface area contributed by atoms with E-state index in [0.717, 1.165) is 5.56 Å². The lowest BCUT2D eigenvalue weighted by atomic mass is 9.73. The first-order valence-corrected chi connectivity index (χ1v) is 7.69. The van der Waals surface area contributed by atoms with Gasteiger partial charge in [-0.2, -0.15) is 0 Å². The topological polar surface area (TPSA) is 75.6 Å². The Morgan fingerprint density at radius 1 is 1.36 bits per heavy atom. The number of hydrogen-bond acceptors (Lipinski definition) is 3. The predicted octanol–water partition coefficient (Wildman–Crippen LogP) is 2.23. The Labute approximate surface area is 134 Å². The van der Waals surface area contributed by atoms with Gasteiger partial charge in [-0.25, -0.2) is 0 Å². The summed E-state index contributed by atoms with van der Waals surface area (Å²) in [5.41, 5.74) is 0.0230. The zero-order valence-electron chi connectivity index (χ0n) is 12.5. The molecule has 5 nitrogen and oxygen atoms in total.